The van der Waals surface area contributed by atoms with Crippen LogP contribution < -0.4 is 11.3 Å². The van der Waals surface area contributed by atoms with Crippen molar-refractivity contribution in [2.75, 3.05) is 0 Å². The topological polar surface area (TPSA) is 81.7 Å². The fraction of sp³-hybridized carbons (Fsp3) is 0.364. The first-order chi connectivity index (χ1) is 8.35. The van der Waals surface area contributed by atoms with E-state index in [1.54, 1.807) is 24.7 Å². The summed E-state index contributed by atoms with van der Waals surface area (Å²) >= 11 is 0. The van der Waals surface area contributed by atoms with Crippen LogP contribution in [0.4, 0.5) is 0 Å². The second-order valence-electron chi connectivity index (χ2n) is 3.66. The Labute approximate surface area is 99.9 Å². The predicted molar refractivity (Wildman–Crippen MR) is 63.7 cm³/mol. The van der Waals surface area contributed by atoms with Gasteiger partial charge in [-0.05, 0) is 13.0 Å². The zero-order valence-electron chi connectivity index (χ0n) is 9.74. The second-order valence-corrected chi connectivity index (χ2v) is 3.66. The molecule has 2 heterocycles. The average molecular weight is 232 g/mol. The van der Waals surface area contributed by atoms with Crippen molar-refractivity contribution in [1.82, 2.24) is 24.9 Å². The minimum Gasteiger partial charge on any atom is -0.335 e. The lowest BCUT2D eigenvalue weighted by atomic mass is 10.2. The smallest absolute Gasteiger partial charge is 0.146 e. The Morgan fingerprint density at radius 3 is 2.71 bits per heavy atom. The molecule has 2 aromatic rings. The molecular formula is C11H16N6. The van der Waals surface area contributed by atoms with Crippen LogP contribution in [-0.4, -0.2) is 19.5 Å². The molecule has 0 aliphatic heterocycles. The van der Waals surface area contributed by atoms with E-state index in [-0.39, 0.29) is 6.04 Å². The third-order valence-corrected chi connectivity index (χ3v) is 2.63. The van der Waals surface area contributed by atoms with E-state index in [1.807, 2.05) is 6.20 Å². The van der Waals surface area contributed by atoms with E-state index in [1.165, 1.54) is 0 Å². The maximum atomic E-state index is 5.55. The van der Waals surface area contributed by atoms with E-state index in [4.69, 9.17) is 5.84 Å². The molecule has 6 heteroatoms. The number of aryl methyl sites for hydroxylation is 1. The van der Waals surface area contributed by atoms with Crippen molar-refractivity contribution < 1.29 is 0 Å². The summed E-state index contributed by atoms with van der Waals surface area (Å²) in [5.41, 5.74) is 2.73. The van der Waals surface area contributed by atoms with Crippen molar-refractivity contribution in [1.29, 1.82) is 0 Å². The molecule has 0 aromatic carbocycles. The Kier molecular flexibility index (Phi) is 3.79. The molecule has 0 fully saturated rings. The lowest BCUT2D eigenvalue weighted by molar-refractivity contribution is 0.499. The highest BCUT2D eigenvalue weighted by molar-refractivity contribution is 5.02. The Morgan fingerprint density at radius 1 is 1.29 bits per heavy atom. The predicted octanol–water partition coefficient (Wildman–Crippen LogP) is 0.440. The highest BCUT2D eigenvalue weighted by Crippen LogP contribution is 2.12. The number of hydrogen-bond acceptors (Lipinski definition) is 5. The van der Waals surface area contributed by atoms with Crippen LogP contribution in [0.3, 0.4) is 0 Å². The molecule has 0 aliphatic rings. The monoisotopic (exact) mass is 232 g/mol. The Bertz CT molecular complexity index is 452. The van der Waals surface area contributed by atoms with Crippen LogP contribution in [0.2, 0.25) is 0 Å². The van der Waals surface area contributed by atoms with Gasteiger partial charge in [-0.25, -0.2) is 20.4 Å². The van der Waals surface area contributed by atoms with Crippen LogP contribution in [0, 0.1) is 0 Å². The molecule has 6 nitrogen and oxygen atoms in total. The number of nitrogens with zero attached hydrogens (tertiary/aromatic N) is 4. The van der Waals surface area contributed by atoms with Crippen molar-refractivity contribution in [2.45, 2.75) is 25.9 Å². The van der Waals surface area contributed by atoms with E-state index in [0.717, 1.165) is 12.4 Å². The number of nitrogens with two attached hydrogens (primary N) is 1. The van der Waals surface area contributed by atoms with Crippen LogP contribution in [0.1, 0.15) is 24.6 Å². The van der Waals surface area contributed by atoms with Crippen molar-refractivity contribution in [3.63, 3.8) is 0 Å². The molecule has 0 aliphatic carbocycles. The van der Waals surface area contributed by atoms with Gasteiger partial charge in [-0.15, -0.1) is 0 Å². The summed E-state index contributed by atoms with van der Waals surface area (Å²) in [6.45, 7) is 2.97. The van der Waals surface area contributed by atoms with E-state index in [9.17, 15) is 0 Å². The van der Waals surface area contributed by atoms with Gasteiger partial charge in [0.15, 0.2) is 0 Å². The molecule has 0 bridgehead atoms. The summed E-state index contributed by atoms with van der Waals surface area (Å²) in [6.07, 6.45) is 7.83. The van der Waals surface area contributed by atoms with Crippen molar-refractivity contribution in [2.24, 2.45) is 5.84 Å². The standard InChI is InChI=1S/C11H16N6/c1-2-17-7-6-13-10(17)8-9(16-12)11-14-4-3-5-15-11/h3-7,9,16H,2,8,12H2,1H3. The van der Waals surface area contributed by atoms with Crippen LogP contribution in [0.15, 0.2) is 30.9 Å². The van der Waals surface area contributed by atoms with E-state index < -0.39 is 0 Å². The van der Waals surface area contributed by atoms with Gasteiger partial charge in [0.25, 0.3) is 0 Å². The summed E-state index contributed by atoms with van der Waals surface area (Å²) in [7, 11) is 0. The van der Waals surface area contributed by atoms with Gasteiger partial charge < -0.3 is 4.57 Å². The van der Waals surface area contributed by atoms with Crippen LogP contribution in [0.25, 0.3) is 0 Å². The maximum absolute atomic E-state index is 5.55. The Morgan fingerprint density at radius 2 is 2.06 bits per heavy atom. The average Bonchev–Trinajstić information content (AvgIpc) is 2.84. The van der Waals surface area contributed by atoms with Gasteiger partial charge in [0.2, 0.25) is 0 Å². The van der Waals surface area contributed by atoms with Gasteiger partial charge in [-0.3, -0.25) is 5.84 Å². The highest BCUT2D eigenvalue weighted by Gasteiger charge is 2.15. The first-order valence-corrected chi connectivity index (χ1v) is 5.58. The lowest BCUT2D eigenvalue weighted by Crippen LogP contribution is -2.31. The van der Waals surface area contributed by atoms with Gasteiger partial charge in [-0.1, -0.05) is 0 Å². The SMILES string of the molecule is CCn1ccnc1CC(NN)c1ncccn1. The maximum Gasteiger partial charge on any atom is 0.146 e. The summed E-state index contributed by atoms with van der Waals surface area (Å²) in [5, 5.41) is 0. The van der Waals surface area contributed by atoms with Crippen molar-refractivity contribution in [3.8, 4) is 0 Å². The number of nitrogens with one attached hydrogen (secondary N) is 1. The molecule has 3 N–H and O–H groups in total. The molecule has 0 radical (unpaired) electrons. The highest BCUT2D eigenvalue weighted by atomic mass is 15.2. The van der Waals surface area contributed by atoms with Crippen molar-refractivity contribution in [3.05, 3.63) is 42.5 Å². The lowest BCUT2D eigenvalue weighted by Gasteiger charge is -2.14. The molecule has 0 saturated heterocycles. The molecule has 2 aromatic heterocycles. The third kappa shape index (κ3) is 2.66. The first-order valence-electron chi connectivity index (χ1n) is 5.58. The molecule has 2 rings (SSSR count). The normalized spacial score (nSPS) is 12.6. The first kappa shape index (κ1) is 11.7. The Hall–Kier alpha value is -1.79. The molecule has 17 heavy (non-hydrogen) atoms. The van der Waals surface area contributed by atoms with Gasteiger partial charge in [0.1, 0.15) is 11.6 Å². The fourth-order valence-corrected chi connectivity index (χ4v) is 1.72. The molecule has 90 valence electrons. The summed E-state index contributed by atoms with van der Waals surface area (Å²) in [5.74, 6) is 7.20. The summed E-state index contributed by atoms with van der Waals surface area (Å²) in [6, 6.07) is 1.66. The zero-order chi connectivity index (χ0) is 12.1. The van der Waals surface area contributed by atoms with Gasteiger partial charge >= 0.3 is 0 Å². The number of hydrogen-bond donors (Lipinski definition) is 2. The van der Waals surface area contributed by atoms with Gasteiger partial charge in [0.05, 0.1) is 6.04 Å². The molecule has 1 unspecified atom stereocenters. The molecule has 1 atom stereocenters. The molecular weight excluding hydrogens is 216 g/mol. The van der Waals surface area contributed by atoms with Crippen molar-refractivity contribution >= 4 is 0 Å². The number of aromatic nitrogens is 4. The number of imidazole rings is 1. The van der Waals surface area contributed by atoms with E-state index in [0.29, 0.717) is 12.2 Å². The largest absolute Gasteiger partial charge is 0.335 e. The van der Waals surface area contributed by atoms with Gasteiger partial charge in [-0.2, -0.15) is 0 Å². The minimum absolute atomic E-state index is 0.121. The van der Waals surface area contributed by atoms with Crippen LogP contribution in [-0.2, 0) is 13.0 Å². The molecule has 0 amide bonds. The molecule has 0 saturated carbocycles. The zero-order valence-corrected chi connectivity index (χ0v) is 9.74. The second kappa shape index (κ2) is 5.51. The van der Waals surface area contributed by atoms with E-state index in [2.05, 4.69) is 31.9 Å². The quantitative estimate of drug-likeness (QED) is 0.577. The summed E-state index contributed by atoms with van der Waals surface area (Å²) in [4.78, 5) is 12.7. The number of hydrazine groups is 1. The third-order valence-electron chi connectivity index (χ3n) is 2.63. The minimum atomic E-state index is -0.121. The van der Waals surface area contributed by atoms with Gasteiger partial charge in [0, 0.05) is 37.8 Å². The molecule has 0 spiro atoms. The number of rotatable bonds is 5. The fourth-order valence-electron chi connectivity index (χ4n) is 1.72. The van der Waals surface area contributed by atoms with Crippen LogP contribution in [0.5, 0.6) is 0 Å². The summed E-state index contributed by atoms with van der Waals surface area (Å²) < 4.78 is 2.08. The van der Waals surface area contributed by atoms with E-state index >= 15 is 0 Å². The van der Waals surface area contributed by atoms with Crippen LogP contribution >= 0.6 is 0 Å². The Balaban J connectivity index is 2.16.